The number of anilines is 1. The predicted molar refractivity (Wildman–Crippen MR) is 120 cm³/mol. The second-order valence-electron chi connectivity index (χ2n) is 8.02. The Bertz CT molecular complexity index is 1110. The lowest BCUT2D eigenvalue weighted by molar-refractivity contribution is 0.248. The van der Waals surface area contributed by atoms with Crippen molar-refractivity contribution in [2.45, 2.75) is 32.2 Å². The molecule has 1 aliphatic carbocycles. The predicted octanol–water partition coefficient (Wildman–Crippen LogP) is 3.85. The molecule has 1 aromatic carbocycles. The van der Waals surface area contributed by atoms with E-state index < -0.39 is 0 Å². The standard InChI is InChI=1S/C22H25ClN4OS/c1-25-21(28)19-16-7-3-5-9-18(16)29-20(19)24-22(25)27-12-10-26(11-13-27)14-15-6-2-4-8-17(15)23/h2,4,6,8H,3,5,7,9-14H2,1H3. The van der Waals surface area contributed by atoms with E-state index >= 15 is 0 Å². The van der Waals surface area contributed by atoms with Crippen LogP contribution in [0.2, 0.25) is 5.02 Å². The van der Waals surface area contributed by atoms with E-state index in [0.717, 1.165) is 66.8 Å². The number of aryl methyl sites for hydroxylation is 2. The Morgan fingerprint density at radius 1 is 1.10 bits per heavy atom. The summed E-state index contributed by atoms with van der Waals surface area (Å²) in [4.78, 5) is 25.1. The molecule has 0 spiro atoms. The Morgan fingerprint density at radius 3 is 2.66 bits per heavy atom. The van der Waals surface area contributed by atoms with Gasteiger partial charge in [-0.1, -0.05) is 29.8 Å². The van der Waals surface area contributed by atoms with Gasteiger partial charge in [0.05, 0.1) is 5.39 Å². The number of aromatic nitrogens is 2. The van der Waals surface area contributed by atoms with Crippen molar-refractivity contribution in [1.82, 2.24) is 14.5 Å². The molecular weight excluding hydrogens is 404 g/mol. The van der Waals surface area contributed by atoms with Crippen LogP contribution in [-0.2, 0) is 26.4 Å². The summed E-state index contributed by atoms with van der Waals surface area (Å²) < 4.78 is 1.76. The molecule has 2 aliphatic rings. The van der Waals surface area contributed by atoms with Crippen LogP contribution in [0.4, 0.5) is 5.95 Å². The Kier molecular flexibility index (Phi) is 5.10. The van der Waals surface area contributed by atoms with Crippen molar-refractivity contribution >= 4 is 39.1 Å². The molecule has 1 saturated heterocycles. The van der Waals surface area contributed by atoms with Crippen molar-refractivity contribution in [3.05, 3.63) is 55.6 Å². The topological polar surface area (TPSA) is 41.4 Å². The molecule has 0 N–H and O–H groups in total. The lowest BCUT2D eigenvalue weighted by Gasteiger charge is -2.35. The van der Waals surface area contributed by atoms with E-state index in [4.69, 9.17) is 16.6 Å². The summed E-state index contributed by atoms with van der Waals surface area (Å²) >= 11 is 8.05. The third-order valence-corrected chi connectivity index (χ3v) is 7.73. The zero-order valence-electron chi connectivity index (χ0n) is 16.7. The second-order valence-corrected chi connectivity index (χ2v) is 9.51. The number of hydrogen-bond donors (Lipinski definition) is 0. The minimum atomic E-state index is 0.114. The summed E-state index contributed by atoms with van der Waals surface area (Å²) in [6.07, 6.45) is 4.51. The van der Waals surface area contributed by atoms with E-state index in [0.29, 0.717) is 0 Å². The number of rotatable bonds is 3. The van der Waals surface area contributed by atoms with Crippen LogP contribution in [0, 0.1) is 0 Å². The highest BCUT2D eigenvalue weighted by molar-refractivity contribution is 7.18. The first kappa shape index (κ1) is 19.1. The lowest BCUT2D eigenvalue weighted by Crippen LogP contribution is -2.47. The van der Waals surface area contributed by atoms with Gasteiger partial charge < -0.3 is 4.90 Å². The molecule has 0 radical (unpaired) electrons. The fraction of sp³-hybridized carbons (Fsp3) is 0.455. The lowest BCUT2D eigenvalue weighted by atomic mass is 9.97. The smallest absolute Gasteiger partial charge is 0.263 e. The maximum absolute atomic E-state index is 13.1. The van der Waals surface area contributed by atoms with Gasteiger partial charge in [-0.2, -0.15) is 0 Å². The van der Waals surface area contributed by atoms with Gasteiger partial charge in [0.1, 0.15) is 4.83 Å². The summed E-state index contributed by atoms with van der Waals surface area (Å²) in [5, 5.41) is 1.69. The monoisotopic (exact) mass is 428 g/mol. The van der Waals surface area contributed by atoms with Gasteiger partial charge in [-0.3, -0.25) is 14.3 Å². The number of fused-ring (bicyclic) bond motifs is 3. The van der Waals surface area contributed by atoms with Crippen LogP contribution >= 0.6 is 22.9 Å². The molecule has 152 valence electrons. The van der Waals surface area contributed by atoms with E-state index in [1.807, 2.05) is 25.2 Å². The summed E-state index contributed by atoms with van der Waals surface area (Å²) in [6, 6.07) is 8.04. The Morgan fingerprint density at radius 2 is 1.86 bits per heavy atom. The third-order valence-electron chi connectivity index (χ3n) is 6.18. The van der Waals surface area contributed by atoms with E-state index in [-0.39, 0.29) is 5.56 Å². The summed E-state index contributed by atoms with van der Waals surface area (Å²) in [5.74, 6) is 0.804. The van der Waals surface area contributed by atoms with E-state index in [1.54, 1.807) is 15.9 Å². The number of halogens is 1. The largest absolute Gasteiger partial charge is 0.340 e. The van der Waals surface area contributed by atoms with Crippen molar-refractivity contribution < 1.29 is 0 Å². The molecule has 0 unspecified atom stereocenters. The van der Waals surface area contributed by atoms with Crippen molar-refractivity contribution in [3.8, 4) is 0 Å². The number of nitrogens with zero attached hydrogens (tertiary/aromatic N) is 4. The van der Waals surface area contributed by atoms with Gasteiger partial charge >= 0.3 is 0 Å². The molecule has 0 saturated carbocycles. The quantitative estimate of drug-likeness (QED) is 0.635. The number of benzene rings is 1. The molecule has 5 nitrogen and oxygen atoms in total. The van der Waals surface area contributed by atoms with Crippen LogP contribution in [0.25, 0.3) is 10.2 Å². The van der Waals surface area contributed by atoms with Gasteiger partial charge in [-0.25, -0.2) is 4.98 Å². The van der Waals surface area contributed by atoms with E-state index in [9.17, 15) is 4.79 Å². The van der Waals surface area contributed by atoms with Crippen LogP contribution in [0.5, 0.6) is 0 Å². The maximum atomic E-state index is 13.1. The highest BCUT2D eigenvalue weighted by Gasteiger charge is 2.25. The minimum absolute atomic E-state index is 0.114. The first-order valence-electron chi connectivity index (χ1n) is 10.3. The Balaban J connectivity index is 1.37. The van der Waals surface area contributed by atoms with Gasteiger partial charge in [0.15, 0.2) is 0 Å². The molecule has 29 heavy (non-hydrogen) atoms. The van der Waals surface area contributed by atoms with Crippen LogP contribution < -0.4 is 10.5 Å². The zero-order chi connectivity index (χ0) is 20.0. The molecular formula is C22H25ClN4OS. The molecule has 3 heterocycles. The molecule has 5 rings (SSSR count). The summed E-state index contributed by atoms with van der Waals surface area (Å²) in [5.41, 5.74) is 2.54. The fourth-order valence-corrected chi connectivity index (χ4v) is 5.97. The van der Waals surface area contributed by atoms with Gasteiger partial charge in [0, 0.05) is 49.7 Å². The molecule has 2 aromatic heterocycles. The average Bonchev–Trinajstić information content (AvgIpc) is 3.11. The maximum Gasteiger partial charge on any atom is 0.263 e. The number of thiophene rings is 1. The van der Waals surface area contributed by atoms with Crippen LogP contribution in [-0.4, -0.2) is 40.6 Å². The first-order chi connectivity index (χ1) is 14.1. The molecule has 0 bridgehead atoms. The van der Waals surface area contributed by atoms with Crippen LogP contribution in [0.1, 0.15) is 28.8 Å². The highest BCUT2D eigenvalue weighted by Crippen LogP contribution is 2.34. The van der Waals surface area contributed by atoms with Crippen LogP contribution in [0.15, 0.2) is 29.1 Å². The summed E-state index contributed by atoms with van der Waals surface area (Å²) in [6.45, 7) is 4.44. The number of hydrogen-bond acceptors (Lipinski definition) is 5. The normalized spacial score (nSPS) is 17.7. The van der Waals surface area contributed by atoms with Crippen molar-refractivity contribution in [3.63, 3.8) is 0 Å². The molecule has 1 fully saturated rings. The van der Waals surface area contributed by atoms with Crippen molar-refractivity contribution in [2.75, 3.05) is 31.1 Å². The zero-order valence-corrected chi connectivity index (χ0v) is 18.2. The SMILES string of the molecule is Cn1c(N2CCN(Cc3ccccc3Cl)CC2)nc2sc3c(c2c1=O)CCCC3. The first-order valence-corrected chi connectivity index (χ1v) is 11.5. The Hall–Kier alpha value is -1.89. The molecule has 1 aliphatic heterocycles. The van der Waals surface area contributed by atoms with Gasteiger partial charge in [-0.15, -0.1) is 11.3 Å². The minimum Gasteiger partial charge on any atom is -0.340 e. The van der Waals surface area contributed by atoms with Gasteiger partial charge in [-0.05, 0) is 42.9 Å². The second kappa shape index (κ2) is 7.74. The molecule has 7 heteroatoms. The molecule has 0 amide bonds. The summed E-state index contributed by atoms with van der Waals surface area (Å²) in [7, 11) is 1.87. The van der Waals surface area contributed by atoms with Crippen molar-refractivity contribution in [2.24, 2.45) is 7.05 Å². The number of piperazine rings is 1. The van der Waals surface area contributed by atoms with E-state index in [1.165, 1.54) is 28.8 Å². The van der Waals surface area contributed by atoms with Gasteiger partial charge in [0.2, 0.25) is 5.95 Å². The third kappa shape index (κ3) is 3.47. The molecule has 3 aromatic rings. The average molecular weight is 429 g/mol. The van der Waals surface area contributed by atoms with E-state index in [2.05, 4.69) is 15.9 Å². The molecule has 0 atom stereocenters. The fourth-order valence-electron chi connectivity index (χ4n) is 4.53. The van der Waals surface area contributed by atoms with Gasteiger partial charge in [0.25, 0.3) is 5.56 Å². The Labute approximate surface area is 179 Å². The van der Waals surface area contributed by atoms with Crippen LogP contribution in [0.3, 0.4) is 0 Å². The van der Waals surface area contributed by atoms with Crippen molar-refractivity contribution in [1.29, 1.82) is 0 Å². The highest BCUT2D eigenvalue weighted by atomic mass is 35.5.